The maximum absolute atomic E-state index is 2.60. The van der Waals surface area contributed by atoms with Gasteiger partial charge in [-0.2, -0.15) is 0 Å². The maximum atomic E-state index is 2.60. The lowest BCUT2D eigenvalue weighted by atomic mass is 9.66. The first-order chi connectivity index (χ1) is 13.2. The van der Waals surface area contributed by atoms with Crippen molar-refractivity contribution in [2.45, 2.75) is 90.4 Å². The van der Waals surface area contributed by atoms with Crippen LogP contribution in [-0.4, -0.2) is 0 Å². The Bertz CT molecular complexity index is 593. The Morgan fingerprint density at radius 2 is 1.26 bits per heavy atom. The van der Waals surface area contributed by atoms with Crippen LogP contribution in [0.1, 0.15) is 94.6 Å². The molecule has 0 heteroatoms. The minimum absolute atomic E-state index is 0.659. The highest BCUT2D eigenvalue weighted by Crippen LogP contribution is 2.45. The fraction of sp³-hybridized carbons (Fsp3) is 0.704. The molecule has 0 bridgehead atoms. The van der Waals surface area contributed by atoms with Crippen molar-refractivity contribution in [3.05, 3.63) is 47.5 Å². The lowest BCUT2D eigenvalue weighted by molar-refractivity contribution is 0.129. The van der Waals surface area contributed by atoms with Gasteiger partial charge in [0.25, 0.3) is 0 Å². The Hall–Kier alpha value is -1.04. The van der Waals surface area contributed by atoms with E-state index >= 15 is 0 Å². The molecule has 27 heavy (non-hydrogen) atoms. The molecule has 0 heterocycles. The zero-order valence-corrected chi connectivity index (χ0v) is 17.7. The largest absolute Gasteiger partial charge is 0.0845 e. The second kappa shape index (κ2) is 8.97. The number of hydrogen-bond donors (Lipinski definition) is 0. The van der Waals surface area contributed by atoms with Gasteiger partial charge in [0, 0.05) is 5.92 Å². The third kappa shape index (κ3) is 4.69. The summed E-state index contributed by atoms with van der Waals surface area (Å²) in [5.74, 6) is 5.68. The Labute approximate surface area is 167 Å². The van der Waals surface area contributed by atoms with Crippen LogP contribution in [0, 0.1) is 36.5 Å². The average Bonchev–Trinajstić information content (AvgIpc) is 2.75. The van der Waals surface area contributed by atoms with E-state index in [-0.39, 0.29) is 0 Å². The first-order valence-corrected chi connectivity index (χ1v) is 12.0. The Morgan fingerprint density at radius 3 is 1.81 bits per heavy atom. The standard InChI is InChI=1S/C27H40/c1-3-21-6-10-23(11-7-21)25-14-18-27(19-15-25)26-16-12-24(13-17-26)22-8-4-20(2)5-9-22/h4-5,8-9,12,16,21,23-27H,3,6-7,10-11,13-15,17-19H2,1-2H3. The van der Waals surface area contributed by atoms with Gasteiger partial charge in [-0.3, -0.25) is 0 Å². The highest BCUT2D eigenvalue weighted by atomic mass is 14.4. The molecule has 0 saturated heterocycles. The first-order valence-electron chi connectivity index (χ1n) is 12.0. The van der Waals surface area contributed by atoms with Gasteiger partial charge < -0.3 is 0 Å². The van der Waals surface area contributed by atoms with E-state index in [0.717, 1.165) is 29.6 Å². The monoisotopic (exact) mass is 364 g/mol. The Balaban J connectivity index is 1.26. The number of aryl methyl sites for hydroxylation is 1. The highest BCUT2D eigenvalue weighted by Gasteiger charge is 2.33. The zero-order chi connectivity index (χ0) is 18.6. The van der Waals surface area contributed by atoms with Gasteiger partial charge in [-0.25, -0.2) is 0 Å². The fourth-order valence-corrected chi connectivity index (χ4v) is 6.44. The van der Waals surface area contributed by atoms with Crippen molar-refractivity contribution in [2.24, 2.45) is 29.6 Å². The van der Waals surface area contributed by atoms with Crippen molar-refractivity contribution in [3.63, 3.8) is 0 Å². The molecule has 0 aliphatic heterocycles. The van der Waals surface area contributed by atoms with Crippen molar-refractivity contribution >= 4 is 0 Å². The van der Waals surface area contributed by atoms with Crippen LogP contribution in [0.15, 0.2) is 36.4 Å². The quantitative estimate of drug-likeness (QED) is 0.474. The van der Waals surface area contributed by atoms with Gasteiger partial charge in [0.15, 0.2) is 0 Å². The first kappa shape index (κ1) is 19.3. The van der Waals surface area contributed by atoms with E-state index in [1.54, 1.807) is 0 Å². The summed E-state index contributed by atoms with van der Waals surface area (Å²) in [6, 6.07) is 9.21. The summed E-state index contributed by atoms with van der Waals surface area (Å²) < 4.78 is 0. The molecule has 0 amide bonds. The molecule has 2 atom stereocenters. The molecule has 0 N–H and O–H groups in total. The molecule has 0 nitrogen and oxygen atoms in total. The normalized spacial score (nSPS) is 37.3. The van der Waals surface area contributed by atoms with Crippen molar-refractivity contribution in [3.8, 4) is 0 Å². The van der Waals surface area contributed by atoms with Crippen molar-refractivity contribution in [1.82, 2.24) is 0 Å². The van der Waals surface area contributed by atoms with E-state index < -0.39 is 0 Å². The molecule has 2 unspecified atom stereocenters. The zero-order valence-electron chi connectivity index (χ0n) is 17.7. The van der Waals surface area contributed by atoms with Crippen molar-refractivity contribution in [1.29, 1.82) is 0 Å². The molecule has 0 aromatic heterocycles. The van der Waals surface area contributed by atoms with Gasteiger partial charge in [0.2, 0.25) is 0 Å². The van der Waals surface area contributed by atoms with Crippen molar-refractivity contribution in [2.75, 3.05) is 0 Å². The maximum Gasteiger partial charge on any atom is 0.00182 e. The molecule has 0 spiro atoms. The van der Waals surface area contributed by atoms with Crippen LogP contribution in [0.2, 0.25) is 0 Å². The lowest BCUT2D eigenvalue weighted by Crippen LogP contribution is -2.28. The summed E-state index contributed by atoms with van der Waals surface area (Å²) in [7, 11) is 0. The number of rotatable bonds is 4. The third-order valence-electron chi connectivity index (χ3n) is 8.46. The second-order valence-corrected chi connectivity index (χ2v) is 10.0. The second-order valence-electron chi connectivity index (χ2n) is 10.0. The van der Waals surface area contributed by atoms with Crippen molar-refractivity contribution < 1.29 is 0 Å². The van der Waals surface area contributed by atoms with E-state index in [1.807, 2.05) is 0 Å². The minimum Gasteiger partial charge on any atom is -0.0845 e. The highest BCUT2D eigenvalue weighted by molar-refractivity contribution is 5.28. The Morgan fingerprint density at radius 1 is 0.667 bits per heavy atom. The molecular weight excluding hydrogens is 324 g/mol. The number of benzene rings is 1. The van der Waals surface area contributed by atoms with Gasteiger partial charge in [0.05, 0.1) is 0 Å². The molecule has 1 aromatic carbocycles. The van der Waals surface area contributed by atoms with Crippen LogP contribution >= 0.6 is 0 Å². The van der Waals surface area contributed by atoms with E-state index in [0.29, 0.717) is 5.92 Å². The van der Waals surface area contributed by atoms with Crippen LogP contribution in [0.4, 0.5) is 0 Å². The SMILES string of the molecule is CCC1CCC(C2CCC(C3C=CC(c4ccc(C)cc4)CC3)CC2)CC1. The molecule has 3 aliphatic carbocycles. The minimum atomic E-state index is 0.659. The summed E-state index contributed by atoms with van der Waals surface area (Å²) in [5.41, 5.74) is 2.89. The summed E-state index contributed by atoms with van der Waals surface area (Å²) in [6.45, 7) is 4.57. The number of hydrogen-bond acceptors (Lipinski definition) is 0. The smallest absolute Gasteiger partial charge is 0.00182 e. The van der Waals surface area contributed by atoms with Crippen LogP contribution in [0.3, 0.4) is 0 Å². The van der Waals surface area contributed by atoms with E-state index in [2.05, 4.69) is 50.3 Å². The van der Waals surface area contributed by atoms with Crippen LogP contribution < -0.4 is 0 Å². The molecule has 1 aromatic rings. The summed E-state index contributed by atoms with van der Waals surface area (Å²) in [5, 5.41) is 0. The fourth-order valence-electron chi connectivity index (χ4n) is 6.44. The molecule has 2 fully saturated rings. The molecular formula is C27H40. The van der Waals surface area contributed by atoms with E-state index in [9.17, 15) is 0 Å². The van der Waals surface area contributed by atoms with Gasteiger partial charge >= 0.3 is 0 Å². The van der Waals surface area contributed by atoms with Crippen LogP contribution in [0.25, 0.3) is 0 Å². The van der Waals surface area contributed by atoms with E-state index in [1.165, 1.54) is 81.8 Å². The van der Waals surface area contributed by atoms with E-state index in [4.69, 9.17) is 0 Å². The van der Waals surface area contributed by atoms with Gasteiger partial charge in [-0.1, -0.05) is 68.2 Å². The molecule has 148 valence electrons. The summed E-state index contributed by atoms with van der Waals surface area (Å²) in [6.07, 6.45) is 21.5. The average molecular weight is 365 g/mol. The van der Waals surface area contributed by atoms with Gasteiger partial charge in [-0.05, 0) is 93.4 Å². The third-order valence-corrected chi connectivity index (χ3v) is 8.46. The molecule has 0 radical (unpaired) electrons. The predicted octanol–water partition coefficient (Wildman–Crippen LogP) is 8.07. The Kier molecular flexibility index (Phi) is 6.41. The van der Waals surface area contributed by atoms with Crippen LogP contribution in [0.5, 0.6) is 0 Å². The summed E-state index contributed by atoms with van der Waals surface area (Å²) in [4.78, 5) is 0. The topological polar surface area (TPSA) is 0 Å². The molecule has 4 rings (SSSR count). The van der Waals surface area contributed by atoms with Gasteiger partial charge in [0.1, 0.15) is 0 Å². The predicted molar refractivity (Wildman–Crippen MR) is 117 cm³/mol. The molecule has 2 saturated carbocycles. The van der Waals surface area contributed by atoms with Crippen LogP contribution in [-0.2, 0) is 0 Å². The number of allylic oxidation sites excluding steroid dienone is 2. The summed E-state index contributed by atoms with van der Waals surface area (Å²) >= 11 is 0. The van der Waals surface area contributed by atoms with Gasteiger partial charge in [-0.15, -0.1) is 0 Å². The molecule has 3 aliphatic rings. The lowest BCUT2D eigenvalue weighted by Gasteiger charge is -2.40.